The molecule has 1 fully saturated rings. The Bertz CT molecular complexity index is 621. The van der Waals surface area contributed by atoms with Gasteiger partial charge in [0.15, 0.2) is 6.10 Å². The van der Waals surface area contributed by atoms with Crippen molar-refractivity contribution in [1.29, 1.82) is 0 Å². The molecule has 1 heterocycles. The van der Waals surface area contributed by atoms with Crippen LogP contribution in [-0.2, 0) is 19.1 Å². The molecule has 2 amide bonds. The third-order valence-corrected chi connectivity index (χ3v) is 3.69. The van der Waals surface area contributed by atoms with Crippen LogP contribution < -0.4 is 10.6 Å². The van der Waals surface area contributed by atoms with Crippen molar-refractivity contribution in [2.24, 2.45) is 0 Å². The number of carbonyl (C=O) groups excluding carboxylic acids is 3. The summed E-state index contributed by atoms with van der Waals surface area (Å²) < 4.78 is 5.04. The van der Waals surface area contributed by atoms with Crippen LogP contribution in [0.3, 0.4) is 0 Å². The van der Waals surface area contributed by atoms with Crippen molar-refractivity contribution in [1.82, 2.24) is 5.32 Å². The Morgan fingerprint density at radius 3 is 2.77 bits per heavy atom. The van der Waals surface area contributed by atoms with E-state index in [-0.39, 0.29) is 12.3 Å². The molecule has 1 saturated heterocycles. The molecule has 2 N–H and O–H groups in total. The van der Waals surface area contributed by atoms with Gasteiger partial charge < -0.3 is 15.4 Å². The summed E-state index contributed by atoms with van der Waals surface area (Å²) in [6.45, 7) is 1.43. The fourth-order valence-corrected chi connectivity index (χ4v) is 2.27. The Hall–Kier alpha value is -1.79. The Kier molecular flexibility index (Phi) is 5.26. The van der Waals surface area contributed by atoms with Crippen molar-refractivity contribution >= 4 is 46.7 Å². The van der Waals surface area contributed by atoms with E-state index in [1.165, 1.54) is 13.0 Å². The molecule has 0 bridgehead atoms. The summed E-state index contributed by atoms with van der Waals surface area (Å²) in [6, 6.07) is 3.93. The van der Waals surface area contributed by atoms with Crippen LogP contribution in [0.25, 0.3) is 0 Å². The quantitative estimate of drug-likeness (QED) is 0.819. The molecule has 118 valence electrons. The maximum Gasteiger partial charge on any atom is 0.329 e. The lowest BCUT2D eigenvalue weighted by atomic mass is 10.2. The summed E-state index contributed by atoms with van der Waals surface area (Å²) in [5.41, 5.74) is 0.330. The molecule has 0 spiro atoms. The largest absolute Gasteiger partial charge is 0.451 e. The number of rotatable bonds is 4. The Morgan fingerprint density at radius 1 is 1.41 bits per heavy atom. The number of nitrogens with one attached hydrogen (secondary N) is 2. The van der Waals surface area contributed by atoms with Gasteiger partial charge in [-0.15, -0.1) is 0 Å². The van der Waals surface area contributed by atoms with Gasteiger partial charge in [-0.25, -0.2) is 4.79 Å². The molecule has 22 heavy (non-hydrogen) atoms. The van der Waals surface area contributed by atoms with Crippen molar-refractivity contribution in [2.45, 2.75) is 31.9 Å². The standard InChI is InChI=1S/C14H14Cl2N2O4/c1-7(22-14(21)10-4-5-12(19)17-10)13(20)18-11-6-8(15)2-3-9(11)16/h2-3,6-7,10H,4-5H2,1H3,(H,17,19)(H,18,20)/t7-,10+/m1/s1. The third kappa shape index (κ3) is 4.11. The Morgan fingerprint density at radius 2 is 2.14 bits per heavy atom. The monoisotopic (exact) mass is 344 g/mol. The number of anilines is 1. The van der Waals surface area contributed by atoms with Crippen molar-refractivity contribution < 1.29 is 19.1 Å². The maximum atomic E-state index is 12.0. The highest BCUT2D eigenvalue weighted by atomic mass is 35.5. The normalized spacial score (nSPS) is 18.5. The van der Waals surface area contributed by atoms with Crippen LogP contribution in [0.15, 0.2) is 18.2 Å². The van der Waals surface area contributed by atoms with E-state index >= 15 is 0 Å². The minimum Gasteiger partial charge on any atom is -0.451 e. The van der Waals surface area contributed by atoms with E-state index in [0.29, 0.717) is 22.2 Å². The van der Waals surface area contributed by atoms with Gasteiger partial charge in [0.1, 0.15) is 6.04 Å². The van der Waals surface area contributed by atoms with Gasteiger partial charge in [0.05, 0.1) is 10.7 Å². The number of ether oxygens (including phenoxy) is 1. The lowest BCUT2D eigenvalue weighted by Gasteiger charge is -2.16. The van der Waals surface area contributed by atoms with E-state index in [4.69, 9.17) is 27.9 Å². The molecule has 0 unspecified atom stereocenters. The van der Waals surface area contributed by atoms with Crippen molar-refractivity contribution in [2.75, 3.05) is 5.32 Å². The first-order valence-corrected chi connectivity index (χ1v) is 7.38. The van der Waals surface area contributed by atoms with E-state index in [1.54, 1.807) is 12.1 Å². The number of carbonyl (C=O) groups is 3. The van der Waals surface area contributed by atoms with Gasteiger partial charge in [0, 0.05) is 11.4 Å². The van der Waals surface area contributed by atoms with Gasteiger partial charge in [0.25, 0.3) is 5.91 Å². The molecule has 0 aliphatic carbocycles. The van der Waals surface area contributed by atoms with Gasteiger partial charge in [0.2, 0.25) is 5.91 Å². The summed E-state index contributed by atoms with van der Waals surface area (Å²) in [5.74, 6) is -1.38. The molecule has 1 aromatic rings. The molecule has 0 saturated carbocycles. The fraction of sp³-hybridized carbons (Fsp3) is 0.357. The van der Waals surface area contributed by atoms with Crippen LogP contribution >= 0.6 is 23.2 Å². The second-order valence-corrected chi connectivity index (χ2v) is 5.69. The summed E-state index contributed by atoms with van der Waals surface area (Å²) in [5, 5.41) is 5.75. The molecule has 1 aromatic carbocycles. The Labute approximate surface area is 137 Å². The van der Waals surface area contributed by atoms with E-state index in [1.807, 2.05) is 0 Å². The predicted molar refractivity (Wildman–Crippen MR) is 81.8 cm³/mol. The summed E-state index contributed by atoms with van der Waals surface area (Å²) in [7, 11) is 0. The number of halogens is 2. The number of esters is 1. The molecule has 6 nitrogen and oxygen atoms in total. The van der Waals surface area contributed by atoms with Crippen molar-refractivity contribution in [3.8, 4) is 0 Å². The number of hydrogen-bond donors (Lipinski definition) is 2. The average Bonchev–Trinajstić information content (AvgIpc) is 2.89. The van der Waals surface area contributed by atoms with Gasteiger partial charge in [-0.3, -0.25) is 9.59 Å². The van der Waals surface area contributed by atoms with Crippen LogP contribution in [0.4, 0.5) is 5.69 Å². The molecule has 2 rings (SSSR count). The Balaban J connectivity index is 1.93. The van der Waals surface area contributed by atoms with Crippen LogP contribution in [0.5, 0.6) is 0 Å². The molecular weight excluding hydrogens is 331 g/mol. The zero-order chi connectivity index (χ0) is 16.3. The maximum absolute atomic E-state index is 12.0. The highest BCUT2D eigenvalue weighted by Gasteiger charge is 2.30. The van der Waals surface area contributed by atoms with Gasteiger partial charge in [-0.1, -0.05) is 23.2 Å². The van der Waals surface area contributed by atoms with Gasteiger partial charge >= 0.3 is 5.97 Å². The topological polar surface area (TPSA) is 84.5 Å². The number of amides is 2. The van der Waals surface area contributed by atoms with Crippen molar-refractivity contribution in [3.63, 3.8) is 0 Å². The third-order valence-electron chi connectivity index (χ3n) is 3.13. The van der Waals surface area contributed by atoms with E-state index in [9.17, 15) is 14.4 Å². The minimum absolute atomic E-state index is 0.204. The van der Waals surface area contributed by atoms with Crippen LogP contribution in [0, 0.1) is 0 Å². The second kappa shape index (κ2) is 6.98. The van der Waals surface area contributed by atoms with E-state index < -0.39 is 24.0 Å². The molecule has 1 aliphatic heterocycles. The van der Waals surface area contributed by atoms with E-state index in [0.717, 1.165) is 0 Å². The summed E-state index contributed by atoms with van der Waals surface area (Å²) in [4.78, 5) is 34.9. The first-order valence-electron chi connectivity index (χ1n) is 6.62. The average molecular weight is 345 g/mol. The molecular formula is C14H14Cl2N2O4. The lowest BCUT2D eigenvalue weighted by Crippen LogP contribution is -2.39. The van der Waals surface area contributed by atoms with Gasteiger partial charge in [-0.05, 0) is 31.5 Å². The minimum atomic E-state index is -1.03. The van der Waals surface area contributed by atoms with E-state index in [2.05, 4.69) is 10.6 Å². The zero-order valence-corrected chi connectivity index (χ0v) is 13.2. The zero-order valence-electron chi connectivity index (χ0n) is 11.7. The first-order chi connectivity index (χ1) is 10.4. The SMILES string of the molecule is C[C@@H](OC(=O)[C@@H]1CCC(=O)N1)C(=O)Nc1cc(Cl)ccc1Cl. The molecule has 8 heteroatoms. The molecule has 2 atom stereocenters. The molecule has 0 aromatic heterocycles. The van der Waals surface area contributed by atoms with Gasteiger partial charge in [-0.2, -0.15) is 0 Å². The highest BCUT2D eigenvalue weighted by molar-refractivity contribution is 6.35. The smallest absolute Gasteiger partial charge is 0.329 e. The molecule has 1 aliphatic rings. The summed E-state index contributed by atoms with van der Waals surface area (Å²) >= 11 is 11.8. The van der Waals surface area contributed by atoms with Crippen LogP contribution in [0.2, 0.25) is 10.0 Å². The van der Waals surface area contributed by atoms with Crippen LogP contribution in [-0.4, -0.2) is 29.9 Å². The second-order valence-electron chi connectivity index (χ2n) is 4.85. The predicted octanol–water partition coefficient (Wildman–Crippen LogP) is 2.14. The lowest BCUT2D eigenvalue weighted by molar-refractivity contribution is -0.155. The number of benzene rings is 1. The first kappa shape index (κ1) is 16.6. The molecule has 0 radical (unpaired) electrons. The number of hydrogen-bond acceptors (Lipinski definition) is 4. The van der Waals surface area contributed by atoms with Crippen LogP contribution in [0.1, 0.15) is 19.8 Å². The summed E-state index contributed by atoms with van der Waals surface area (Å²) in [6.07, 6.45) is -0.384. The highest BCUT2D eigenvalue weighted by Crippen LogP contribution is 2.25. The fourth-order valence-electron chi connectivity index (χ4n) is 1.93. The van der Waals surface area contributed by atoms with Crippen molar-refractivity contribution in [3.05, 3.63) is 28.2 Å².